The van der Waals surface area contributed by atoms with Crippen LogP contribution in [0.2, 0.25) is 0 Å². The summed E-state index contributed by atoms with van der Waals surface area (Å²) in [5, 5.41) is 12.5. The quantitative estimate of drug-likeness (QED) is 0.895. The summed E-state index contributed by atoms with van der Waals surface area (Å²) in [4.78, 5) is 17.3. The number of carbonyl (C=O) groups is 1. The minimum atomic E-state index is 0.0750. The van der Waals surface area contributed by atoms with E-state index in [-0.39, 0.29) is 23.4 Å². The number of phenolic OH excluding ortho intramolecular Hbond substituents is 1. The second-order valence-electron chi connectivity index (χ2n) is 7.50. The number of piperidine rings is 1. The summed E-state index contributed by atoms with van der Waals surface area (Å²) >= 11 is 0. The Hall–Kier alpha value is -1.75. The van der Waals surface area contributed by atoms with Gasteiger partial charge >= 0.3 is 6.03 Å². The first-order valence-corrected chi connectivity index (χ1v) is 9.03. The van der Waals surface area contributed by atoms with Crippen molar-refractivity contribution in [2.24, 2.45) is 0 Å². The number of benzene rings is 1. The molecule has 1 aromatic carbocycles. The smallest absolute Gasteiger partial charge is 0.318 e. The molecule has 2 heterocycles. The second kappa shape index (κ2) is 7.01. The van der Waals surface area contributed by atoms with Crippen LogP contribution in [-0.4, -0.2) is 59.2 Å². The molecule has 1 unspecified atom stereocenters. The standard InChI is InChI=1S/C19H29N3O2/c1-15(14-16-4-6-17(23)7-5-16)20-18(24)22-11-3-8-19(22)9-12-21(2)13-10-19/h4-7,15,23H,3,8-14H2,1-2H3,(H,20,24). The molecule has 5 heteroatoms. The van der Waals surface area contributed by atoms with Crippen molar-refractivity contribution in [2.45, 2.75) is 50.6 Å². The number of rotatable bonds is 3. The maximum absolute atomic E-state index is 12.8. The lowest BCUT2D eigenvalue weighted by molar-refractivity contribution is 0.0819. The maximum atomic E-state index is 12.8. The summed E-state index contributed by atoms with van der Waals surface area (Å²) < 4.78 is 0. The van der Waals surface area contributed by atoms with Crippen LogP contribution in [0.3, 0.4) is 0 Å². The van der Waals surface area contributed by atoms with E-state index in [9.17, 15) is 9.90 Å². The van der Waals surface area contributed by atoms with Crippen LogP contribution in [0.1, 0.15) is 38.2 Å². The molecule has 0 aromatic heterocycles. The largest absolute Gasteiger partial charge is 0.508 e. The number of nitrogens with zero attached hydrogens (tertiary/aromatic N) is 2. The summed E-state index contributed by atoms with van der Waals surface area (Å²) in [5.74, 6) is 0.275. The Morgan fingerprint density at radius 2 is 1.88 bits per heavy atom. The van der Waals surface area contributed by atoms with Crippen molar-refractivity contribution in [1.29, 1.82) is 0 Å². The van der Waals surface area contributed by atoms with E-state index in [2.05, 4.69) is 22.2 Å². The summed E-state index contributed by atoms with van der Waals surface area (Å²) in [5.41, 5.74) is 1.20. The van der Waals surface area contributed by atoms with Crippen LogP contribution >= 0.6 is 0 Å². The van der Waals surface area contributed by atoms with Crippen LogP contribution in [0.25, 0.3) is 0 Å². The molecule has 0 aliphatic carbocycles. The Labute approximate surface area is 144 Å². The lowest BCUT2D eigenvalue weighted by Crippen LogP contribution is -2.57. The van der Waals surface area contributed by atoms with E-state index in [1.807, 2.05) is 19.1 Å². The van der Waals surface area contributed by atoms with Crippen LogP contribution in [-0.2, 0) is 6.42 Å². The Bertz CT molecular complexity index is 564. The second-order valence-corrected chi connectivity index (χ2v) is 7.50. The molecule has 1 atom stereocenters. The van der Waals surface area contributed by atoms with E-state index in [1.165, 1.54) is 0 Å². The molecule has 132 valence electrons. The fraction of sp³-hybridized carbons (Fsp3) is 0.632. The van der Waals surface area contributed by atoms with Gasteiger partial charge in [0.1, 0.15) is 5.75 Å². The molecule has 5 nitrogen and oxygen atoms in total. The van der Waals surface area contributed by atoms with Gasteiger partial charge in [-0.3, -0.25) is 0 Å². The average molecular weight is 331 g/mol. The van der Waals surface area contributed by atoms with Crippen LogP contribution < -0.4 is 5.32 Å². The van der Waals surface area contributed by atoms with Gasteiger partial charge in [-0.1, -0.05) is 12.1 Å². The Kier molecular flexibility index (Phi) is 4.99. The van der Waals surface area contributed by atoms with Gasteiger partial charge in [0, 0.05) is 31.2 Å². The van der Waals surface area contributed by atoms with Crippen molar-refractivity contribution < 1.29 is 9.90 Å². The zero-order valence-electron chi connectivity index (χ0n) is 14.8. The minimum Gasteiger partial charge on any atom is -0.508 e. The third-order valence-electron chi connectivity index (χ3n) is 5.61. The normalized spacial score (nSPS) is 21.8. The number of amides is 2. The fourth-order valence-corrected chi connectivity index (χ4v) is 4.14. The molecular weight excluding hydrogens is 302 g/mol. The van der Waals surface area contributed by atoms with E-state index in [4.69, 9.17) is 0 Å². The summed E-state index contributed by atoms with van der Waals surface area (Å²) in [6, 6.07) is 7.36. The van der Waals surface area contributed by atoms with Crippen molar-refractivity contribution in [2.75, 3.05) is 26.7 Å². The lowest BCUT2D eigenvalue weighted by Gasteiger charge is -2.44. The van der Waals surface area contributed by atoms with Crippen molar-refractivity contribution >= 4 is 6.03 Å². The first-order chi connectivity index (χ1) is 11.5. The van der Waals surface area contributed by atoms with Gasteiger partial charge in [0.2, 0.25) is 0 Å². The van der Waals surface area contributed by atoms with Crippen molar-refractivity contribution in [1.82, 2.24) is 15.1 Å². The molecule has 2 N–H and O–H groups in total. The van der Waals surface area contributed by atoms with Crippen molar-refractivity contribution in [3.05, 3.63) is 29.8 Å². The van der Waals surface area contributed by atoms with Gasteiger partial charge < -0.3 is 20.2 Å². The van der Waals surface area contributed by atoms with E-state index < -0.39 is 0 Å². The number of aromatic hydroxyl groups is 1. The fourth-order valence-electron chi connectivity index (χ4n) is 4.14. The Balaban J connectivity index is 1.58. The van der Waals surface area contributed by atoms with E-state index in [1.54, 1.807) is 12.1 Å². The number of hydrogen-bond acceptors (Lipinski definition) is 3. The predicted molar refractivity (Wildman–Crippen MR) is 95.2 cm³/mol. The molecule has 0 radical (unpaired) electrons. The van der Waals surface area contributed by atoms with Crippen LogP contribution in [0.5, 0.6) is 5.75 Å². The molecule has 2 fully saturated rings. The first-order valence-electron chi connectivity index (χ1n) is 9.03. The SMILES string of the molecule is CC(Cc1ccc(O)cc1)NC(=O)N1CCCC12CCN(C)CC2. The number of nitrogens with one attached hydrogen (secondary N) is 1. The number of likely N-dealkylation sites (tertiary alicyclic amines) is 2. The molecular formula is C19H29N3O2. The zero-order valence-corrected chi connectivity index (χ0v) is 14.8. The van der Waals surface area contributed by atoms with Crippen molar-refractivity contribution in [3.8, 4) is 5.75 Å². The zero-order chi connectivity index (χ0) is 17.2. The number of hydrogen-bond donors (Lipinski definition) is 2. The molecule has 2 aliphatic heterocycles. The highest BCUT2D eigenvalue weighted by molar-refractivity contribution is 5.76. The predicted octanol–water partition coefficient (Wildman–Crippen LogP) is 2.59. The van der Waals surface area contributed by atoms with E-state index >= 15 is 0 Å². The van der Waals surface area contributed by atoms with E-state index in [0.29, 0.717) is 0 Å². The Morgan fingerprint density at radius 1 is 1.21 bits per heavy atom. The minimum absolute atomic E-state index is 0.0750. The topological polar surface area (TPSA) is 55.8 Å². The molecule has 2 amide bonds. The lowest BCUT2D eigenvalue weighted by atomic mass is 9.85. The van der Waals surface area contributed by atoms with Gasteiger partial charge in [-0.25, -0.2) is 4.79 Å². The number of carbonyl (C=O) groups excluding carboxylic acids is 1. The van der Waals surface area contributed by atoms with Gasteiger partial charge in [-0.15, -0.1) is 0 Å². The summed E-state index contributed by atoms with van der Waals surface area (Å²) in [6.07, 6.45) is 5.20. The molecule has 0 saturated carbocycles. The highest BCUT2D eigenvalue weighted by atomic mass is 16.3. The van der Waals surface area contributed by atoms with Gasteiger partial charge in [0.05, 0.1) is 0 Å². The van der Waals surface area contributed by atoms with E-state index in [0.717, 1.165) is 57.3 Å². The highest BCUT2D eigenvalue weighted by Gasteiger charge is 2.45. The number of phenols is 1. The molecule has 1 aromatic rings. The molecule has 2 saturated heterocycles. The molecule has 3 rings (SSSR count). The van der Waals surface area contributed by atoms with Crippen LogP contribution in [0.4, 0.5) is 4.79 Å². The first kappa shape index (κ1) is 17.1. The third kappa shape index (κ3) is 3.66. The molecule has 0 bridgehead atoms. The molecule has 24 heavy (non-hydrogen) atoms. The Morgan fingerprint density at radius 3 is 2.54 bits per heavy atom. The summed E-state index contributed by atoms with van der Waals surface area (Å²) in [7, 11) is 2.16. The van der Waals surface area contributed by atoms with Gasteiger partial charge in [0.15, 0.2) is 0 Å². The molecule has 1 spiro atoms. The monoisotopic (exact) mass is 331 g/mol. The van der Waals surface area contributed by atoms with Crippen LogP contribution in [0.15, 0.2) is 24.3 Å². The molecule has 2 aliphatic rings. The van der Waals surface area contributed by atoms with Gasteiger partial charge in [-0.2, -0.15) is 0 Å². The van der Waals surface area contributed by atoms with Crippen LogP contribution in [0, 0.1) is 0 Å². The van der Waals surface area contributed by atoms with Crippen molar-refractivity contribution in [3.63, 3.8) is 0 Å². The highest BCUT2D eigenvalue weighted by Crippen LogP contribution is 2.38. The number of urea groups is 1. The maximum Gasteiger partial charge on any atom is 0.318 e. The average Bonchev–Trinajstić information content (AvgIpc) is 2.96. The van der Waals surface area contributed by atoms with Gasteiger partial charge in [0.25, 0.3) is 0 Å². The van der Waals surface area contributed by atoms with Gasteiger partial charge in [-0.05, 0) is 63.8 Å². The third-order valence-corrected chi connectivity index (χ3v) is 5.61. The summed E-state index contributed by atoms with van der Waals surface area (Å²) in [6.45, 7) is 5.07.